The molecule has 1 amide bonds. The minimum absolute atomic E-state index is 0. The number of hydrogen-bond donors (Lipinski definition) is 2. The Morgan fingerprint density at radius 1 is 0.830 bits per heavy atom. The molecule has 4 aromatic carbocycles. The average Bonchev–Trinajstić information content (AvgIpc) is 3.53. The molecule has 7 nitrogen and oxygen atoms in total. The van der Waals surface area contributed by atoms with Crippen LogP contribution in [0, 0.1) is 29.1 Å². The molecule has 0 unspecified atom stereocenters. The number of carboxylic acid groups (broad SMARTS) is 1. The van der Waals surface area contributed by atoms with Gasteiger partial charge in [-0.3, -0.25) is 9.89 Å². The maximum absolute atomic E-state index is 14.6. The van der Waals surface area contributed by atoms with Gasteiger partial charge in [-0.05, 0) is 30.5 Å². The van der Waals surface area contributed by atoms with E-state index in [0.717, 1.165) is 12.0 Å². The van der Waals surface area contributed by atoms with E-state index in [9.17, 15) is 41.8 Å². The van der Waals surface area contributed by atoms with E-state index in [1.54, 1.807) is 30.3 Å². The van der Waals surface area contributed by atoms with Crippen LogP contribution in [0.15, 0.2) is 89.9 Å². The fourth-order valence-corrected chi connectivity index (χ4v) is 5.41. The predicted octanol–water partition coefficient (Wildman–Crippen LogP) is 6.60. The number of rotatable bonds is 10. The van der Waals surface area contributed by atoms with Crippen molar-refractivity contribution < 1.29 is 58.2 Å². The molecule has 0 bridgehead atoms. The zero-order chi connectivity index (χ0) is 33.0. The third kappa shape index (κ3) is 7.59. The second-order valence-corrected chi connectivity index (χ2v) is 10.6. The number of carbonyl (C=O) groups is 2. The number of para-hydroxylation sites is 1. The summed E-state index contributed by atoms with van der Waals surface area (Å²) in [4.78, 5) is 32.0. The van der Waals surface area contributed by atoms with Gasteiger partial charge >= 0.3 is 5.97 Å². The van der Waals surface area contributed by atoms with Gasteiger partial charge in [0, 0.05) is 28.6 Å². The summed E-state index contributed by atoms with van der Waals surface area (Å²) in [5, 5.41) is 25.1. The molecule has 0 aromatic heterocycles. The van der Waals surface area contributed by atoms with E-state index in [1.807, 2.05) is 35.2 Å². The van der Waals surface area contributed by atoms with Gasteiger partial charge in [0.1, 0.15) is 6.10 Å². The smallest absolute Gasteiger partial charge is 0.331 e. The van der Waals surface area contributed by atoms with Gasteiger partial charge in [-0.2, -0.15) is 0 Å². The molecule has 1 fully saturated rings. The van der Waals surface area contributed by atoms with Crippen LogP contribution in [-0.2, 0) is 32.6 Å². The molecule has 0 aliphatic carbocycles. The molecule has 4 aromatic rings. The zero-order valence-corrected chi connectivity index (χ0v) is 25.4. The Hall–Kier alpha value is -4.45. The monoisotopic (exact) mass is 694 g/mol. The van der Waals surface area contributed by atoms with Crippen molar-refractivity contribution in [1.29, 1.82) is 0 Å². The van der Waals surface area contributed by atoms with E-state index in [-0.39, 0.29) is 39.0 Å². The first kappa shape index (κ1) is 35.4. The summed E-state index contributed by atoms with van der Waals surface area (Å²) >= 11 is 0. The molecule has 2 N–H and O–H groups in total. The first-order valence-corrected chi connectivity index (χ1v) is 14.3. The van der Waals surface area contributed by atoms with Gasteiger partial charge in [-0.1, -0.05) is 84.9 Å². The number of carboxylic acids is 1. The summed E-state index contributed by atoms with van der Waals surface area (Å²) in [5.74, 6) is -14.3. The number of aliphatic hydroxyl groups is 1. The molecule has 1 heterocycles. The molecule has 47 heavy (non-hydrogen) atoms. The molecule has 3 atom stereocenters. The van der Waals surface area contributed by atoms with Crippen molar-refractivity contribution in [2.75, 3.05) is 6.54 Å². The molecule has 248 valence electrons. The molecule has 1 saturated heterocycles. The number of nitrogens with zero attached hydrogens (tertiary/aromatic N) is 3. The fraction of sp³-hybridized carbons (Fsp3) is 0.206. The Bertz CT molecular complexity index is 1750. The molecule has 0 spiro atoms. The third-order valence-electron chi connectivity index (χ3n) is 7.67. The molecule has 1 aliphatic heterocycles. The number of hydrogen-bond acceptors (Lipinski definition) is 5. The molecule has 5 rings (SSSR count). The second kappa shape index (κ2) is 15.4. The normalized spacial score (nSPS) is 16.3. The summed E-state index contributed by atoms with van der Waals surface area (Å²) in [6.45, 7) is 1.20. The summed E-state index contributed by atoms with van der Waals surface area (Å²) < 4.78 is 70.8. The minimum Gasteiger partial charge on any atom is -0.625 e. The van der Waals surface area contributed by atoms with Crippen molar-refractivity contribution >= 4 is 23.3 Å². The van der Waals surface area contributed by atoms with E-state index in [2.05, 4.69) is 10.3 Å². The minimum atomic E-state index is -2.79. The van der Waals surface area contributed by atoms with E-state index < -0.39 is 64.7 Å². The fourth-order valence-electron chi connectivity index (χ4n) is 5.41. The topological polar surface area (TPSA) is 104 Å². The average molecular weight is 695 g/mol. The van der Waals surface area contributed by atoms with Crippen LogP contribution in [0.2, 0.25) is 0 Å². The van der Waals surface area contributed by atoms with Gasteiger partial charge < -0.3 is 20.3 Å². The number of amides is 1. The van der Waals surface area contributed by atoms with Crippen LogP contribution >= 0.6 is 0 Å². The molecule has 13 heteroatoms. The van der Waals surface area contributed by atoms with Crippen LogP contribution in [0.3, 0.4) is 0 Å². The van der Waals surface area contributed by atoms with E-state index in [1.165, 1.54) is 24.3 Å². The molecule has 0 saturated carbocycles. The van der Waals surface area contributed by atoms with Crippen LogP contribution in [-0.4, -0.2) is 51.3 Å². The summed E-state index contributed by atoms with van der Waals surface area (Å²) in [6.07, 6.45) is -1.46. The van der Waals surface area contributed by atoms with Crippen molar-refractivity contribution in [3.63, 3.8) is 0 Å². The maximum atomic E-state index is 14.6. The zero-order valence-electron chi connectivity index (χ0n) is 24.4. The van der Waals surface area contributed by atoms with Crippen molar-refractivity contribution in [1.82, 2.24) is 4.90 Å². The number of aliphatic imine (C=N–C) groups is 1. The quantitative estimate of drug-likeness (QED) is 0.0640. The molecular weight excluding hydrogens is 668 g/mol. The number of likely N-dealkylation sites (tertiary alicyclic amines) is 1. The Labute approximate surface area is 276 Å². The van der Waals surface area contributed by atoms with Crippen molar-refractivity contribution in [3.8, 4) is 0 Å². The Kier molecular flexibility index (Phi) is 11.6. The first-order chi connectivity index (χ1) is 22.1. The van der Waals surface area contributed by atoms with Gasteiger partial charge in [0.15, 0.2) is 29.3 Å². The summed E-state index contributed by atoms with van der Waals surface area (Å²) in [7, 11) is 0. The second-order valence-electron chi connectivity index (χ2n) is 10.6. The van der Waals surface area contributed by atoms with Gasteiger partial charge in [0.05, 0.1) is 23.2 Å². The van der Waals surface area contributed by atoms with E-state index >= 15 is 0 Å². The van der Waals surface area contributed by atoms with Gasteiger partial charge in [-0.15, -0.1) is 5.69 Å². The van der Waals surface area contributed by atoms with Gasteiger partial charge in [0.25, 0.3) is 0 Å². The standard InChI is InChI=1S/C34H28F5N3O4.Ni/c35-25-24(26(36)28(38)29(39)27(25)37)32(43)31(34(45)46)41-30(20-12-5-2-6-13-20)21-14-7-8-15-22(21)40-33(44)23-16-9-17-42(23)18-19-10-3-1-4-11-19;/h1-8,10-15,23,31-32,43H,9,16-18H2,(H2,40,41,44,45,46);/p-1/t23-,31-,32+;/m0./s1. The van der Waals surface area contributed by atoms with E-state index in [4.69, 9.17) is 0 Å². The van der Waals surface area contributed by atoms with E-state index in [0.29, 0.717) is 19.5 Å². The number of halogens is 5. The maximum Gasteiger partial charge on any atom is 0.331 e. The number of aliphatic carboxylic acids is 1. The Balaban J connectivity index is 0.00000500. The predicted molar refractivity (Wildman–Crippen MR) is 159 cm³/mol. The molecule has 0 radical (unpaired) electrons. The Morgan fingerprint density at radius 2 is 1.38 bits per heavy atom. The van der Waals surface area contributed by atoms with Crippen molar-refractivity contribution in [2.45, 2.75) is 37.6 Å². The van der Waals surface area contributed by atoms with Crippen molar-refractivity contribution in [2.24, 2.45) is 4.99 Å². The number of aliphatic hydroxyl groups excluding tert-OH is 1. The SMILES string of the molecule is O=C(O)[C@@H](N=C(c1ccccc1)c1ccccc1[N-]C(=O)[C@@H]1CCCN1Cc1ccccc1)[C@H](O)c1c(F)c(F)c(F)c(F)c1F.[Ni]. The molecule has 1 aliphatic rings. The Morgan fingerprint density at radius 3 is 2.00 bits per heavy atom. The largest absolute Gasteiger partial charge is 0.625 e. The van der Waals surface area contributed by atoms with Crippen LogP contribution in [0.25, 0.3) is 5.32 Å². The van der Waals surface area contributed by atoms with Gasteiger partial charge in [0.2, 0.25) is 5.82 Å². The van der Waals surface area contributed by atoms with Crippen molar-refractivity contribution in [3.05, 3.63) is 142 Å². The summed E-state index contributed by atoms with van der Waals surface area (Å²) in [6, 6.07) is 20.7. The van der Waals surface area contributed by atoms with Gasteiger partial charge in [-0.25, -0.2) is 26.7 Å². The van der Waals surface area contributed by atoms with Crippen LogP contribution < -0.4 is 0 Å². The first-order valence-electron chi connectivity index (χ1n) is 14.3. The van der Waals surface area contributed by atoms with Crippen LogP contribution in [0.1, 0.15) is 41.2 Å². The molecular formula is C34H27F5N3NiO4-. The number of benzene rings is 4. The van der Waals surface area contributed by atoms with Crippen LogP contribution in [0.4, 0.5) is 27.6 Å². The van der Waals surface area contributed by atoms with Crippen LogP contribution in [0.5, 0.6) is 0 Å². The number of carbonyl (C=O) groups excluding carboxylic acids is 1. The third-order valence-corrected chi connectivity index (χ3v) is 7.67. The summed E-state index contributed by atoms with van der Waals surface area (Å²) in [5.41, 5.74) is -0.390.